The topological polar surface area (TPSA) is 52.0 Å². The van der Waals surface area contributed by atoms with Crippen LogP contribution in [0, 0.1) is 0 Å². The van der Waals surface area contributed by atoms with Crippen LogP contribution in [0.5, 0.6) is 0 Å². The van der Waals surface area contributed by atoms with Gasteiger partial charge in [0.05, 0.1) is 11.4 Å². The summed E-state index contributed by atoms with van der Waals surface area (Å²) in [6.45, 7) is 3.96. The maximum Gasteiger partial charge on any atom is 0.254 e. The third kappa shape index (κ3) is 3.99. The number of aromatic nitrogens is 2. The molecule has 0 bridgehead atoms. The number of benzene rings is 1. The lowest BCUT2D eigenvalue weighted by molar-refractivity contribution is 0.102. The zero-order chi connectivity index (χ0) is 16.3. The van der Waals surface area contributed by atoms with E-state index in [1.54, 1.807) is 31.3 Å². The summed E-state index contributed by atoms with van der Waals surface area (Å²) in [6.07, 6.45) is 0. The number of hydrogen-bond acceptors (Lipinski definition) is 4. The third-order valence-corrected chi connectivity index (χ3v) is 4.49. The summed E-state index contributed by atoms with van der Waals surface area (Å²) >= 11 is 7.08. The average molecular weight is 337 g/mol. The first-order chi connectivity index (χ1) is 10.4. The van der Waals surface area contributed by atoms with Gasteiger partial charge in [0.25, 0.3) is 5.56 Å². The van der Waals surface area contributed by atoms with Crippen LogP contribution in [0.4, 0.5) is 0 Å². The van der Waals surface area contributed by atoms with E-state index in [0.29, 0.717) is 15.7 Å². The van der Waals surface area contributed by atoms with Crippen molar-refractivity contribution >= 4 is 29.1 Å². The minimum atomic E-state index is -0.111. The number of carbonyl (C=O) groups is 1. The van der Waals surface area contributed by atoms with Crippen molar-refractivity contribution in [1.29, 1.82) is 0 Å². The van der Waals surface area contributed by atoms with Crippen LogP contribution in [0.15, 0.2) is 40.3 Å². The summed E-state index contributed by atoms with van der Waals surface area (Å²) in [6, 6.07) is 8.31. The van der Waals surface area contributed by atoms with E-state index in [9.17, 15) is 9.59 Å². The summed E-state index contributed by atoms with van der Waals surface area (Å²) in [4.78, 5) is 28.6. The van der Waals surface area contributed by atoms with Crippen molar-refractivity contribution in [2.45, 2.75) is 24.9 Å². The molecule has 4 nitrogen and oxygen atoms in total. The van der Waals surface area contributed by atoms with Crippen LogP contribution >= 0.6 is 23.4 Å². The lowest BCUT2D eigenvalue weighted by atomic mass is 10.1. The minimum Gasteiger partial charge on any atom is -0.293 e. The molecule has 0 spiro atoms. The first kappa shape index (κ1) is 16.8. The minimum absolute atomic E-state index is 0.0223. The molecule has 0 amide bonds. The van der Waals surface area contributed by atoms with Crippen LogP contribution < -0.4 is 5.56 Å². The molecule has 1 heterocycles. The van der Waals surface area contributed by atoms with Gasteiger partial charge in [-0.3, -0.25) is 14.2 Å². The normalized spacial score (nSPS) is 11.0. The fourth-order valence-electron chi connectivity index (χ4n) is 1.81. The van der Waals surface area contributed by atoms with Crippen LogP contribution in [-0.4, -0.2) is 21.1 Å². The SMILES string of the molecule is CC(C)c1cc(=O)n(C)c(SCC(=O)c2ccc(Cl)cc2)n1. The van der Waals surface area contributed by atoms with Crippen molar-refractivity contribution in [3.8, 4) is 0 Å². The van der Waals surface area contributed by atoms with E-state index in [1.807, 2.05) is 13.8 Å². The second-order valence-corrected chi connectivity index (χ2v) is 6.61. The monoisotopic (exact) mass is 336 g/mol. The molecular formula is C16H17ClN2O2S. The van der Waals surface area contributed by atoms with Crippen molar-refractivity contribution in [1.82, 2.24) is 9.55 Å². The Hall–Kier alpha value is -1.59. The van der Waals surface area contributed by atoms with Crippen molar-refractivity contribution in [3.05, 3.63) is 57.0 Å². The Labute approximate surface area is 138 Å². The lowest BCUT2D eigenvalue weighted by Crippen LogP contribution is -2.21. The number of ketones is 1. The van der Waals surface area contributed by atoms with Crippen LogP contribution in [0.1, 0.15) is 35.8 Å². The maximum atomic E-state index is 12.2. The molecule has 0 radical (unpaired) electrons. The van der Waals surface area contributed by atoms with E-state index >= 15 is 0 Å². The van der Waals surface area contributed by atoms with E-state index in [4.69, 9.17) is 11.6 Å². The predicted molar refractivity (Wildman–Crippen MR) is 90.1 cm³/mol. The molecule has 2 rings (SSSR count). The summed E-state index contributed by atoms with van der Waals surface area (Å²) in [5.41, 5.74) is 1.23. The number of thioether (sulfide) groups is 1. The van der Waals surface area contributed by atoms with E-state index in [1.165, 1.54) is 22.4 Å². The molecule has 0 saturated carbocycles. The maximum absolute atomic E-state index is 12.2. The van der Waals surface area contributed by atoms with E-state index in [2.05, 4.69) is 4.98 Å². The highest BCUT2D eigenvalue weighted by atomic mass is 35.5. The van der Waals surface area contributed by atoms with E-state index < -0.39 is 0 Å². The highest BCUT2D eigenvalue weighted by Gasteiger charge is 2.12. The van der Waals surface area contributed by atoms with Gasteiger partial charge in [0.15, 0.2) is 10.9 Å². The molecule has 116 valence electrons. The molecule has 1 aromatic heterocycles. The Morgan fingerprint density at radius 3 is 2.55 bits per heavy atom. The van der Waals surface area contributed by atoms with Crippen LogP contribution in [0.3, 0.4) is 0 Å². The van der Waals surface area contributed by atoms with E-state index in [-0.39, 0.29) is 23.0 Å². The van der Waals surface area contributed by atoms with Gasteiger partial charge < -0.3 is 0 Å². The predicted octanol–water partition coefficient (Wildman–Crippen LogP) is 3.53. The Kier molecular flexibility index (Phi) is 5.42. The third-order valence-electron chi connectivity index (χ3n) is 3.20. The lowest BCUT2D eigenvalue weighted by Gasteiger charge is -2.10. The summed E-state index contributed by atoms with van der Waals surface area (Å²) in [7, 11) is 1.66. The fourth-order valence-corrected chi connectivity index (χ4v) is 2.82. The van der Waals surface area contributed by atoms with Gasteiger partial charge in [0.2, 0.25) is 0 Å². The molecule has 6 heteroatoms. The van der Waals surface area contributed by atoms with Gasteiger partial charge in [-0.2, -0.15) is 0 Å². The summed E-state index contributed by atoms with van der Waals surface area (Å²) < 4.78 is 1.46. The Balaban J connectivity index is 2.16. The smallest absolute Gasteiger partial charge is 0.254 e. The zero-order valence-electron chi connectivity index (χ0n) is 12.7. The Morgan fingerprint density at radius 2 is 1.95 bits per heavy atom. The Morgan fingerprint density at radius 1 is 1.32 bits per heavy atom. The first-order valence-electron chi connectivity index (χ1n) is 6.88. The number of halogens is 1. The molecule has 0 unspecified atom stereocenters. The van der Waals surface area contributed by atoms with Crippen LogP contribution in [-0.2, 0) is 7.05 Å². The highest BCUT2D eigenvalue weighted by molar-refractivity contribution is 7.99. The number of rotatable bonds is 5. The van der Waals surface area contributed by atoms with Gasteiger partial charge in [0, 0.05) is 23.7 Å². The van der Waals surface area contributed by atoms with Crippen LogP contribution in [0.25, 0.3) is 0 Å². The van der Waals surface area contributed by atoms with Crippen molar-refractivity contribution in [2.75, 3.05) is 5.75 Å². The number of hydrogen-bond donors (Lipinski definition) is 0. The van der Waals surface area contributed by atoms with Gasteiger partial charge in [-0.05, 0) is 30.2 Å². The highest BCUT2D eigenvalue weighted by Crippen LogP contribution is 2.19. The quantitative estimate of drug-likeness (QED) is 0.476. The molecule has 22 heavy (non-hydrogen) atoms. The van der Waals surface area contributed by atoms with Gasteiger partial charge in [-0.1, -0.05) is 37.2 Å². The fraction of sp³-hybridized carbons (Fsp3) is 0.312. The zero-order valence-corrected chi connectivity index (χ0v) is 14.2. The second-order valence-electron chi connectivity index (χ2n) is 5.23. The molecule has 0 N–H and O–H groups in total. The molecule has 0 aliphatic heterocycles. The molecule has 0 aliphatic rings. The number of nitrogens with zero attached hydrogens (tertiary/aromatic N) is 2. The summed E-state index contributed by atoms with van der Waals surface area (Å²) in [5.74, 6) is 0.370. The Bertz CT molecular complexity index is 739. The van der Waals surface area contributed by atoms with Crippen molar-refractivity contribution < 1.29 is 4.79 Å². The number of Topliss-reactive ketones (excluding diaryl/α,β-unsaturated/α-hetero) is 1. The standard InChI is InChI=1S/C16H17ClN2O2S/c1-10(2)13-8-15(21)19(3)16(18-13)22-9-14(20)11-4-6-12(17)7-5-11/h4-8,10H,9H2,1-3H3. The van der Waals surface area contributed by atoms with Gasteiger partial charge in [0.1, 0.15) is 0 Å². The van der Waals surface area contributed by atoms with Crippen molar-refractivity contribution in [3.63, 3.8) is 0 Å². The van der Waals surface area contributed by atoms with Gasteiger partial charge >= 0.3 is 0 Å². The largest absolute Gasteiger partial charge is 0.293 e. The van der Waals surface area contributed by atoms with Gasteiger partial charge in [-0.25, -0.2) is 4.98 Å². The molecule has 0 fully saturated rings. The summed E-state index contributed by atoms with van der Waals surface area (Å²) in [5, 5.41) is 1.15. The average Bonchev–Trinajstić information content (AvgIpc) is 2.48. The van der Waals surface area contributed by atoms with Gasteiger partial charge in [-0.15, -0.1) is 0 Å². The number of carbonyl (C=O) groups excluding carboxylic acids is 1. The molecule has 2 aromatic rings. The van der Waals surface area contributed by atoms with E-state index in [0.717, 1.165) is 5.69 Å². The van der Waals surface area contributed by atoms with Crippen LogP contribution in [0.2, 0.25) is 5.02 Å². The first-order valence-corrected chi connectivity index (χ1v) is 8.24. The molecule has 0 saturated heterocycles. The molecular weight excluding hydrogens is 320 g/mol. The molecule has 0 atom stereocenters. The molecule has 1 aromatic carbocycles. The van der Waals surface area contributed by atoms with Crippen molar-refractivity contribution in [2.24, 2.45) is 7.05 Å². The second kappa shape index (κ2) is 7.11. The molecule has 0 aliphatic carbocycles.